The smallest absolute Gasteiger partial charge is 0.241 e. The fourth-order valence-corrected chi connectivity index (χ4v) is 3.40. The van der Waals surface area contributed by atoms with Gasteiger partial charge in [0.25, 0.3) is 0 Å². The van der Waals surface area contributed by atoms with Crippen LogP contribution in [-0.2, 0) is 14.8 Å². The molecule has 21 heavy (non-hydrogen) atoms. The first kappa shape index (κ1) is 17.6. The molecule has 0 aliphatic rings. The molecule has 0 radical (unpaired) electrons. The number of hydrogen-bond acceptors (Lipinski definition) is 4. The average molecular weight is 316 g/mol. The van der Waals surface area contributed by atoms with E-state index in [1.165, 1.54) is 13.8 Å². The maximum atomic E-state index is 13.5. The molecule has 0 aliphatic carbocycles. The standard InChI is InChI=1S/C14H21FN2O3S/c1-9(2)8-20-6-5-17-21(18,19)14-10(3)7-12(15)13(16)11(14)4/h7,17H,1,5-6,8,16H2,2-4H3. The molecule has 0 heterocycles. The normalized spacial score (nSPS) is 11.6. The summed E-state index contributed by atoms with van der Waals surface area (Å²) in [5.41, 5.74) is 6.79. The average Bonchev–Trinajstić information content (AvgIpc) is 2.34. The van der Waals surface area contributed by atoms with Crippen molar-refractivity contribution in [2.24, 2.45) is 0 Å². The predicted octanol–water partition coefficient (Wildman–Crippen LogP) is 1.90. The molecule has 0 aromatic heterocycles. The van der Waals surface area contributed by atoms with Crippen molar-refractivity contribution >= 4 is 15.7 Å². The Kier molecular flexibility index (Phi) is 5.88. The molecular weight excluding hydrogens is 295 g/mol. The molecule has 1 rings (SSSR count). The summed E-state index contributed by atoms with van der Waals surface area (Å²) in [6.07, 6.45) is 0. The number of rotatable bonds is 7. The summed E-state index contributed by atoms with van der Waals surface area (Å²) in [6.45, 7) is 9.23. The maximum Gasteiger partial charge on any atom is 0.241 e. The van der Waals surface area contributed by atoms with E-state index in [0.29, 0.717) is 12.2 Å². The van der Waals surface area contributed by atoms with E-state index >= 15 is 0 Å². The molecule has 118 valence electrons. The van der Waals surface area contributed by atoms with Gasteiger partial charge < -0.3 is 10.5 Å². The van der Waals surface area contributed by atoms with Crippen molar-refractivity contribution in [3.05, 3.63) is 35.2 Å². The number of nitrogens with one attached hydrogen (secondary N) is 1. The van der Waals surface area contributed by atoms with Gasteiger partial charge in [0.2, 0.25) is 10.0 Å². The summed E-state index contributed by atoms with van der Waals surface area (Å²) in [4.78, 5) is 0.0151. The van der Waals surface area contributed by atoms with Crippen LogP contribution >= 0.6 is 0 Å². The number of benzene rings is 1. The SMILES string of the molecule is C=C(C)COCCNS(=O)(=O)c1c(C)cc(F)c(N)c1C. The third-order valence-electron chi connectivity index (χ3n) is 2.86. The van der Waals surface area contributed by atoms with Crippen molar-refractivity contribution in [3.63, 3.8) is 0 Å². The largest absolute Gasteiger partial charge is 0.396 e. The van der Waals surface area contributed by atoms with Gasteiger partial charge in [0, 0.05) is 6.54 Å². The number of sulfonamides is 1. The molecule has 0 unspecified atom stereocenters. The molecule has 0 bridgehead atoms. The van der Waals surface area contributed by atoms with E-state index < -0.39 is 15.8 Å². The minimum Gasteiger partial charge on any atom is -0.396 e. The van der Waals surface area contributed by atoms with Crippen LogP contribution in [0.3, 0.4) is 0 Å². The highest BCUT2D eigenvalue weighted by molar-refractivity contribution is 7.89. The highest BCUT2D eigenvalue weighted by Crippen LogP contribution is 2.27. The van der Waals surface area contributed by atoms with E-state index in [2.05, 4.69) is 11.3 Å². The maximum absolute atomic E-state index is 13.5. The van der Waals surface area contributed by atoms with Crippen molar-refractivity contribution in [2.45, 2.75) is 25.7 Å². The molecule has 0 saturated heterocycles. The highest BCUT2D eigenvalue weighted by Gasteiger charge is 2.22. The second-order valence-corrected chi connectivity index (χ2v) is 6.65. The Morgan fingerprint density at radius 2 is 2.10 bits per heavy atom. The van der Waals surface area contributed by atoms with Crippen LogP contribution in [0.25, 0.3) is 0 Å². The molecule has 7 heteroatoms. The summed E-state index contributed by atoms with van der Waals surface area (Å²) in [7, 11) is -3.76. The lowest BCUT2D eigenvalue weighted by Crippen LogP contribution is -2.29. The lowest BCUT2D eigenvalue weighted by atomic mass is 10.1. The van der Waals surface area contributed by atoms with E-state index in [-0.39, 0.29) is 29.3 Å². The van der Waals surface area contributed by atoms with Gasteiger partial charge in [-0.05, 0) is 38.0 Å². The molecule has 0 aliphatic heterocycles. The fraction of sp³-hybridized carbons (Fsp3) is 0.429. The van der Waals surface area contributed by atoms with Gasteiger partial charge in [-0.25, -0.2) is 17.5 Å². The van der Waals surface area contributed by atoms with Crippen molar-refractivity contribution in [1.82, 2.24) is 4.72 Å². The molecular formula is C14H21FN2O3S. The van der Waals surface area contributed by atoms with Crippen LogP contribution < -0.4 is 10.5 Å². The number of nitrogens with two attached hydrogens (primary N) is 1. The number of ether oxygens (including phenoxy) is 1. The van der Waals surface area contributed by atoms with Crippen molar-refractivity contribution in [2.75, 3.05) is 25.5 Å². The lowest BCUT2D eigenvalue weighted by molar-refractivity contribution is 0.162. The van der Waals surface area contributed by atoms with Gasteiger partial charge in [-0.15, -0.1) is 0 Å². The van der Waals surface area contributed by atoms with E-state index in [4.69, 9.17) is 10.5 Å². The second kappa shape index (κ2) is 7.02. The Morgan fingerprint density at radius 1 is 1.48 bits per heavy atom. The fourth-order valence-electron chi connectivity index (χ4n) is 1.91. The summed E-state index contributed by atoms with van der Waals surface area (Å²) in [5, 5.41) is 0. The molecule has 3 N–H and O–H groups in total. The predicted molar refractivity (Wildman–Crippen MR) is 81.1 cm³/mol. The molecule has 0 saturated carbocycles. The minimum absolute atomic E-state index is 0.0151. The zero-order valence-electron chi connectivity index (χ0n) is 12.5. The second-order valence-electron chi connectivity index (χ2n) is 4.95. The zero-order chi connectivity index (χ0) is 16.2. The van der Waals surface area contributed by atoms with Crippen LogP contribution in [-0.4, -0.2) is 28.2 Å². The topological polar surface area (TPSA) is 81.4 Å². The summed E-state index contributed by atoms with van der Waals surface area (Å²) < 4.78 is 45.6. The van der Waals surface area contributed by atoms with Crippen LogP contribution in [0.15, 0.2) is 23.1 Å². The molecule has 1 aromatic carbocycles. The van der Waals surface area contributed by atoms with Gasteiger partial charge >= 0.3 is 0 Å². The van der Waals surface area contributed by atoms with Crippen LogP contribution in [0, 0.1) is 19.7 Å². The number of hydrogen-bond donors (Lipinski definition) is 2. The third kappa shape index (κ3) is 4.52. The Labute approximate surface area is 125 Å². The van der Waals surface area contributed by atoms with Crippen molar-refractivity contribution < 1.29 is 17.5 Å². The van der Waals surface area contributed by atoms with Crippen molar-refractivity contribution in [1.29, 1.82) is 0 Å². The Balaban J connectivity index is 2.85. The summed E-state index contributed by atoms with van der Waals surface area (Å²) in [6, 6.07) is 1.12. The first-order chi connectivity index (χ1) is 9.66. The van der Waals surface area contributed by atoms with E-state index in [9.17, 15) is 12.8 Å². The molecule has 1 aromatic rings. The highest BCUT2D eigenvalue weighted by atomic mass is 32.2. The zero-order valence-corrected chi connectivity index (χ0v) is 13.3. The van der Waals surface area contributed by atoms with Gasteiger partial charge in [-0.1, -0.05) is 12.2 Å². The molecule has 5 nitrogen and oxygen atoms in total. The molecule has 0 fully saturated rings. The first-order valence-corrected chi connectivity index (χ1v) is 7.92. The lowest BCUT2D eigenvalue weighted by Gasteiger charge is -2.14. The molecule has 0 spiro atoms. The number of nitrogen functional groups attached to an aromatic ring is 1. The Morgan fingerprint density at radius 3 is 2.67 bits per heavy atom. The van der Waals surface area contributed by atoms with E-state index in [1.54, 1.807) is 0 Å². The van der Waals surface area contributed by atoms with Crippen LogP contribution in [0.5, 0.6) is 0 Å². The van der Waals surface area contributed by atoms with Crippen LogP contribution in [0.4, 0.5) is 10.1 Å². The van der Waals surface area contributed by atoms with Crippen molar-refractivity contribution in [3.8, 4) is 0 Å². The quantitative estimate of drug-likeness (QED) is 0.457. The summed E-state index contributed by atoms with van der Waals surface area (Å²) >= 11 is 0. The number of aryl methyl sites for hydroxylation is 1. The van der Waals surface area contributed by atoms with Gasteiger partial charge in [0.05, 0.1) is 23.8 Å². The van der Waals surface area contributed by atoms with Gasteiger partial charge in [0.1, 0.15) is 5.82 Å². The minimum atomic E-state index is -3.76. The molecule has 0 atom stereocenters. The summed E-state index contributed by atoms with van der Waals surface area (Å²) in [5.74, 6) is -0.617. The Hall–Kier alpha value is -1.44. The Bertz CT molecular complexity index is 642. The van der Waals surface area contributed by atoms with Gasteiger partial charge in [-0.3, -0.25) is 0 Å². The number of halogens is 1. The van der Waals surface area contributed by atoms with Gasteiger partial charge in [-0.2, -0.15) is 0 Å². The number of anilines is 1. The van der Waals surface area contributed by atoms with Crippen LogP contribution in [0.1, 0.15) is 18.1 Å². The molecule has 0 amide bonds. The van der Waals surface area contributed by atoms with E-state index in [1.807, 2.05) is 6.92 Å². The van der Waals surface area contributed by atoms with Gasteiger partial charge in [0.15, 0.2) is 0 Å². The monoisotopic (exact) mass is 316 g/mol. The third-order valence-corrected chi connectivity index (χ3v) is 4.61. The van der Waals surface area contributed by atoms with Crippen LogP contribution in [0.2, 0.25) is 0 Å². The van der Waals surface area contributed by atoms with E-state index in [0.717, 1.165) is 11.6 Å². The first-order valence-electron chi connectivity index (χ1n) is 6.43.